The number of aromatic nitrogens is 1. The molecule has 1 heterocycles. The van der Waals surface area contributed by atoms with Crippen molar-refractivity contribution in [2.24, 2.45) is 0 Å². The Hall–Kier alpha value is -3.25. The number of hydrogen-bond donors (Lipinski definition) is 0. The quantitative estimate of drug-likeness (QED) is 0.620. The van der Waals surface area contributed by atoms with E-state index in [9.17, 15) is 20.6 Å². The minimum atomic E-state index is -0.525. The van der Waals surface area contributed by atoms with Crippen LogP contribution >= 0.6 is 0 Å². The molecule has 0 unspecified atom stereocenters. The number of nitriles is 2. The van der Waals surface area contributed by atoms with Crippen molar-refractivity contribution in [3.63, 3.8) is 0 Å². The van der Waals surface area contributed by atoms with Gasteiger partial charge >= 0.3 is 0 Å². The van der Waals surface area contributed by atoms with Crippen molar-refractivity contribution < 1.29 is 4.92 Å². The summed E-state index contributed by atoms with van der Waals surface area (Å²) in [5.74, 6) is 0. The number of benzene rings is 1. The molecule has 0 aliphatic heterocycles. The highest BCUT2D eigenvalue weighted by atomic mass is 16.6. The molecule has 0 bridgehead atoms. The normalized spacial score (nSPS) is 9.71. The summed E-state index contributed by atoms with van der Waals surface area (Å²) >= 11 is 0. The fourth-order valence-electron chi connectivity index (χ4n) is 2.24. The van der Waals surface area contributed by atoms with Crippen LogP contribution in [-0.4, -0.2) is 9.91 Å². The van der Waals surface area contributed by atoms with E-state index in [-0.39, 0.29) is 27.9 Å². The molecule has 0 radical (unpaired) electrons. The third-order valence-electron chi connectivity index (χ3n) is 3.15. The number of hydrogen-bond acceptors (Lipinski definition) is 5. The highest BCUT2D eigenvalue weighted by molar-refractivity contribution is 5.83. The van der Waals surface area contributed by atoms with Crippen LogP contribution in [0.15, 0.2) is 24.3 Å². The maximum atomic E-state index is 11.2. The molecule has 2 rings (SSSR count). The van der Waals surface area contributed by atoms with Gasteiger partial charge in [-0.15, -0.1) is 0 Å². The topological polar surface area (TPSA) is 104 Å². The monoisotopic (exact) mass is 278 g/mol. The van der Waals surface area contributed by atoms with E-state index in [4.69, 9.17) is 0 Å². The zero-order valence-electron chi connectivity index (χ0n) is 11.4. The molecule has 1 aromatic heterocycles. The lowest BCUT2D eigenvalue weighted by Gasteiger charge is -2.11. The highest BCUT2D eigenvalue weighted by Gasteiger charge is 2.23. The van der Waals surface area contributed by atoms with Crippen molar-refractivity contribution in [1.82, 2.24) is 4.98 Å². The van der Waals surface area contributed by atoms with Crippen LogP contribution in [-0.2, 0) is 0 Å². The van der Waals surface area contributed by atoms with Gasteiger partial charge in [-0.1, -0.05) is 12.1 Å². The van der Waals surface area contributed by atoms with E-state index in [1.807, 2.05) is 12.1 Å². The van der Waals surface area contributed by atoms with E-state index in [1.165, 1.54) is 12.1 Å². The van der Waals surface area contributed by atoms with E-state index in [1.54, 1.807) is 26.0 Å². The Balaban J connectivity index is 2.98. The van der Waals surface area contributed by atoms with Gasteiger partial charge in [0.1, 0.15) is 12.1 Å². The van der Waals surface area contributed by atoms with Crippen molar-refractivity contribution in [2.75, 3.05) is 0 Å². The SMILES string of the molecule is Cc1nc(C)c(C#N)c(-c2ccccc2[N+](=O)[O-])c1C#N. The molecule has 0 atom stereocenters. The average Bonchev–Trinajstić information content (AvgIpc) is 2.46. The largest absolute Gasteiger partial charge is 0.277 e. The van der Waals surface area contributed by atoms with Gasteiger partial charge in [-0.3, -0.25) is 15.1 Å². The van der Waals surface area contributed by atoms with Crippen LogP contribution in [0.4, 0.5) is 5.69 Å². The molecule has 0 amide bonds. The standard InChI is InChI=1S/C15H10N4O2/c1-9-12(7-16)15(13(8-17)10(2)18-9)11-5-3-4-6-14(11)19(20)21/h3-6H,1-2H3. The van der Waals surface area contributed by atoms with Gasteiger partial charge < -0.3 is 0 Å². The number of para-hydroxylation sites is 1. The van der Waals surface area contributed by atoms with Crippen molar-refractivity contribution in [3.8, 4) is 23.3 Å². The van der Waals surface area contributed by atoms with Crippen LogP contribution in [0.25, 0.3) is 11.1 Å². The first-order valence-corrected chi connectivity index (χ1v) is 6.06. The Morgan fingerprint density at radius 3 is 2.10 bits per heavy atom. The molecule has 0 fully saturated rings. The summed E-state index contributed by atoms with van der Waals surface area (Å²) in [6, 6.07) is 10.1. The molecular formula is C15H10N4O2. The van der Waals surface area contributed by atoms with Crippen LogP contribution in [0.1, 0.15) is 22.5 Å². The second kappa shape index (κ2) is 5.40. The molecule has 0 spiro atoms. The Bertz CT molecular complexity index is 791. The molecule has 0 aliphatic carbocycles. The summed E-state index contributed by atoms with van der Waals surface area (Å²) in [5.41, 5.74) is 1.65. The predicted molar refractivity (Wildman–Crippen MR) is 75.2 cm³/mol. The molecule has 2 aromatic rings. The van der Waals surface area contributed by atoms with Crippen molar-refractivity contribution in [2.45, 2.75) is 13.8 Å². The second-order valence-electron chi connectivity index (χ2n) is 4.41. The summed E-state index contributed by atoms with van der Waals surface area (Å²) in [6.07, 6.45) is 0. The first-order chi connectivity index (χ1) is 10.0. The molecule has 6 heteroatoms. The molecule has 1 aromatic carbocycles. The van der Waals surface area contributed by atoms with Crippen LogP contribution < -0.4 is 0 Å². The zero-order chi connectivity index (χ0) is 15.6. The summed E-state index contributed by atoms with van der Waals surface area (Å²) in [5, 5.41) is 29.9. The van der Waals surface area contributed by atoms with Gasteiger partial charge in [0, 0.05) is 11.6 Å². The lowest BCUT2D eigenvalue weighted by atomic mass is 9.92. The zero-order valence-corrected chi connectivity index (χ0v) is 11.4. The molecule has 0 N–H and O–H groups in total. The third-order valence-corrected chi connectivity index (χ3v) is 3.15. The smallest absolute Gasteiger partial charge is 0.258 e. The van der Waals surface area contributed by atoms with Gasteiger partial charge in [0.25, 0.3) is 5.69 Å². The number of pyridine rings is 1. The fourth-order valence-corrected chi connectivity index (χ4v) is 2.24. The Kier molecular flexibility index (Phi) is 3.64. The number of nitro groups is 1. The number of aryl methyl sites for hydroxylation is 2. The summed E-state index contributed by atoms with van der Waals surface area (Å²) in [4.78, 5) is 14.8. The lowest BCUT2D eigenvalue weighted by molar-refractivity contribution is -0.384. The first-order valence-electron chi connectivity index (χ1n) is 6.06. The van der Waals surface area contributed by atoms with Crippen LogP contribution in [0, 0.1) is 46.6 Å². The van der Waals surface area contributed by atoms with Crippen LogP contribution in [0.5, 0.6) is 0 Å². The number of nitro benzene ring substituents is 1. The van der Waals surface area contributed by atoms with Gasteiger partial charge in [-0.25, -0.2) is 0 Å². The maximum absolute atomic E-state index is 11.2. The van der Waals surface area contributed by atoms with Crippen molar-refractivity contribution in [1.29, 1.82) is 10.5 Å². The minimum absolute atomic E-state index is 0.143. The van der Waals surface area contributed by atoms with Crippen LogP contribution in [0.2, 0.25) is 0 Å². The Labute approximate surface area is 121 Å². The third kappa shape index (κ3) is 2.31. The van der Waals surface area contributed by atoms with Gasteiger partial charge in [-0.2, -0.15) is 10.5 Å². The predicted octanol–water partition coefficient (Wildman–Crippen LogP) is 3.02. The molecule has 0 saturated heterocycles. The minimum Gasteiger partial charge on any atom is -0.258 e. The summed E-state index contributed by atoms with van der Waals surface area (Å²) in [7, 11) is 0. The van der Waals surface area contributed by atoms with Gasteiger partial charge in [0.2, 0.25) is 0 Å². The second-order valence-corrected chi connectivity index (χ2v) is 4.41. The van der Waals surface area contributed by atoms with Crippen molar-refractivity contribution in [3.05, 3.63) is 56.9 Å². The molecule has 6 nitrogen and oxygen atoms in total. The van der Waals surface area contributed by atoms with Gasteiger partial charge in [-0.05, 0) is 19.9 Å². The molecular weight excluding hydrogens is 268 g/mol. The Morgan fingerprint density at radius 2 is 1.62 bits per heavy atom. The van der Waals surface area contributed by atoms with Crippen molar-refractivity contribution >= 4 is 5.69 Å². The summed E-state index contributed by atoms with van der Waals surface area (Å²) < 4.78 is 0. The van der Waals surface area contributed by atoms with Gasteiger partial charge in [0.15, 0.2) is 0 Å². The van der Waals surface area contributed by atoms with E-state index >= 15 is 0 Å². The van der Waals surface area contributed by atoms with Crippen LogP contribution in [0.3, 0.4) is 0 Å². The number of nitrogens with zero attached hydrogens (tertiary/aromatic N) is 4. The molecule has 102 valence electrons. The lowest BCUT2D eigenvalue weighted by Crippen LogP contribution is -2.02. The fraction of sp³-hybridized carbons (Fsp3) is 0.133. The van der Waals surface area contributed by atoms with E-state index in [2.05, 4.69) is 4.98 Å². The molecule has 21 heavy (non-hydrogen) atoms. The van der Waals surface area contributed by atoms with E-state index in [0.717, 1.165) is 0 Å². The average molecular weight is 278 g/mol. The van der Waals surface area contributed by atoms with E-state index in [0.29, 0.717) is 11.4 Å². The summed E-state index contributed by atoms with van der Waals surface area (Å²) in [6.45, 7) is 3.29. The van der Waals surface area contributed by atoms with E-state index < -0.39 is 4.92 Å². The highest BCUT2D eigenvalue weighted by Crippen LogP contribution is 2.36. The number of rotatable bonds is 2. The maximum Gasteiger partial charge on any atom is 0.277 e. The molecule has 0 aliphatic rings. The first kappa shape index (κ1) is 14.2. The molecule has 0 saturated carbocycles. The Morgan fingerprint density at radius 1 is 1.10 bits per heavy atom. The van der Waals surface area contributed by atoms with Gasteiger partial charge in [0.05, 0.1) is 33.0 Å².